The Morgan fingerprint density at radius 1 is 1.40 bits per heavy atom. The van der Waals surface area contributed by atoms with E-state index in [4.69, 9.17) is 4.74 Å². The minimum atomic E-state index is 0.186. The lowest BCUT2D eigenvalue weighted by molar-refractivity contribution is 0.0146. The molecule has 1 unspecified atom stereocenters. The van der Waals surface area contributed by atoms with Gasteiger partial charge in [0.25, 0.3) is 0 Å². The maximum Gasteiger partial charge on any atom is 0.0622 e. The average Bonchev–Trinajstić information content (AvgIpc) is 2.30. The number of unbranched alkanes of at least 4 members (excludes halogenated alkanes) is 2. The predicted octanol–water partition coefficient (Wildman–Crippen LogP) is 1.43. The molecule has 0 aliphatic carbocycles. The smallest absolute Gasteiger partial charge is 0.0622 e. The lowest BCUT2D eigenvalue weighted by Crippen LogP contribution is -2.44. The van der Waals surface area contributed by atoms with Gasteiger partial charge in [-0.25, -0.2) is 0 Å². The molecule has 0 aromatic carbocycles. The van der Waals surface area contributed by atoms with E-state index >= 15 is 0 Å². The highest BCUT2D eigenvalue weighted by Crippen LogP contribution is 2.06. The molecule has 0 amide bonds. The Morgan fingerprint density at radius 2 is 2.13 bits per heavy atom. The standard InChI is InChI=1S/C12H23NO2/c1-2-3-4-5-6-12(11-14)13-7-9-15-10-8-13/h5-6,12,14H,2-4,7-11H2,1H3/b6-5+. The number of hydrogen-bond donors (Lipinski definition) is 1. The highest BCUT2D eigenvalue weighted by Gasteiger charge is 2.17. The van der Waals surface area contributed by atoms with Gasteiger partial charge in [0.05, 0.1) is 25.9 Å². The number of aliphatic hydroxyl groups is 1. The lowest BCUT2D eigenvalue weighted by atomic mass is 10.2. The van der Waals surface area contributed by atoms with E-state index in [1.807, 2.05) is 0 Å². The van der Waals surface area contributed by atoms with Crippen LogP contribution in [0.1, 0.15) is 26.2 Å². The lowest BCUT2D eigenvalue weighted by Gasteiger charge is -2.31. The summed E-state index contributed by atoms with van der Waals surface area (Å²) in [4.78, 5) is 2.28. The Hall–Kier alpha value is -0.380. The van der Waals surface area contributed by atoms with Gasteiger partial charge in [0, 0.05) is 13.1 Å². The van der Waals surface area contributed by atoms with E-state index in [2.05, 4.69) is 24.0 Å². The molecule has 1 saturated heterocycles. The second-order valence-electron chi connectivity index (χ2n) is 3.97. The predicted molar refractivity (Wildman–Crippen MR) is 61.9 cm³/mol. The average molecular weight is 213 g/mol. The van der Waals surface area contributed by atoms with Gasteiger partial charge in [0.15, 0.2) is 0 Å². The van der Waals surface area contributed by atoms with Crippen LogP contribution in [0.15, 0.2) is 12.2 Å². The summed E-state index contributed by atoms with van der Waals surface area (Å²) in [6.45, 7) is 5.85. The van der Waals surface area contributed by atoms with Gasteiger partial charge in [-0.05, 0) is 6.42 Å². The quantitative estimate of drug-likeness (QED) is 0.535. The topological polar surface area (TPSA) is 32.7 Å². The van der Waals surface area contributed by atoms with Crippen molar-refractivity contribution in [2.24, 2.45) is 0 Å². The molecule has 1 rings (SSSR count). The van der Waals surface area contributed by atoms with Gasteiger partial charge in [0.1, 0.15) is 0 Å². The van der Waals surface area contributed by atoms with Gasteiger partial charge in [-0.1, -0.05) is 31.9 Å². The summed E-state index contributed by atoms with van der Waals surface area (Å²) in [7, 11) is 0. The van der Waals surface area contributed by atoms with E-state index < -0.39 is 0 Å². The zero-order valence-electron chi connectivity index (χ0n) is 9.69. The number of rotatable bonds is 6. The number of hydrogen-bond acceptors (Lipinski definition) is 3. The number of nitrogens with zero attached hydrogens (tertiary/aromatic N) is 1. The first-order valence-electron chi connectivity index (χ1n) is 5.97. The SMILES string of the molecule is CCCC/C=C/C(CO)N1CCOCC1. The second-order valence-corrected chi connectivity index (χ2v) is 3.97. The molecular weight excluding hydrogens is 190 g/mol. The first kappa shape index (κ1) is 12.7. The van der Waals surface area contributed by atoms with E-state index in [1.54, 1.807) is 0 Å². The van der Waals surface area contributed by atoms with Crippen molar-refractivity contribution in [1.29, 1.82) is 0 Å². The number of ether oxygens (including phenoxy) is 1. The van der Waals surface area contributed by atoms with Crippen LogP contribution in [-0.4, -0.2) is 49.0 Å². The van der Waals surface area contributed by atoms with Crippen molar-refractivity contribution in [3.05, 3.63) is 12.2 Å². The summed E-state index contributed by atoms with van der Waals surface area (Å²) in [5.74, 6) is 0. The molecule has 1 N–H and O–H groups in total. The molecule has 1 fully saturated rings. The van der Waals surface area contributed by atoms with Crippen LogP contribution in [0.4, 0.5) is 0 Å². The molecule has 0 radical (unpaired) electrons. The van der Waals surface area contributed by atoms with Crippen molar-refractivity contribution in [3.63, 3.8) is 0 Å². The van der Waals surface area contributed by atoms with Crippen LogP contribution < -0.4 is 0 Å². The third-order valence-electron chi connectivity index (χ3n) is 2.78. The van der Waals surface area contributed by atoms with Crippen LogP contribution in [0.25, 0.3) is 0 Å². The van der Waals surface area contributed by atoms with E-state index in [-0.39, 0.29) is 12.6 Å². The Labute approximate surface area is 92.7 Å². The van der Waals surface area contributed by atoms with Crippen molar-refractivity contribution in [1.82, 2.24) is 4.90 Å². The summed E-state index contributed by atoms with van der Waals surface area (Å²) in [6.07, 6.45) is 7.92. The van der Waals surface area contributed by atoms with Crippen LogP contribution in [0.2, 0.25) is 0 Å². The van der Waals surface area contributed by atoms with Crippen molar-refractivity contribution < 1.29 is 9.84 Å². The fourth-order valence-corrected chi connectivity index (χ4v) is 1.78. The zero-order valence-corrected chi connectivity index (χ0v) is 9.69. The molecule has 1 aliphatic rings. The Morgan fingerprint density at radius 3 is 2.73 bits per heavy atom. The van der Waals surface area contributed by atoms with Crippen LogP contribution in [-0.2, 0) is 4.74 Å². The first-order valence-corrected chi connectivity index (χ1v) is 5.97. The molecule has 0 aromatic heterocycles. The molecule has 1 aliphatic heterocycles. The molecule has 1 heterocycles. The maximum absolute atomic E-state index is 9.30. The first-order chi connectivity index (χ1) is 7.38. The van der Waals surface area contributed by atoms with E-state index in [1.165, 1.54) is 12.8 Å². The molecule has 1 atom stereocenters. The fourth-order valence-electron chi connectivity index (χ4n) is 1.78. The van der Waals surface area contributed by atoms with Gasteiger partial charge in [-0.3, -0.25) is 4.90 Å². The summed E-state index contributed by atoms with van der Waals surface area (Å²) in [6, 6.07) is 0.186. The molecular formula is C12H23NO2. The Balaban J connectivity index is 2.29. The highest BCUT2D eigenvalue weighted by atomic mass is 16.5. The minimum absolute atomic E-state index is 0.186. The van der Waals surface area contributed by atoms with Gasteiger partial charge in [0.2, 0.25) is 0 Å². The molecule has 0 bridgehead atoms. The molecule has 0 saturated carbocycles. The van der Waals surface area contributed by atoms with Crippen molar-refractivity contribution in [3.8, 4) is 0 Å². The maximum atomic E-state index is 9.30. The van der Waals surface area contributed by atoms with Crippen LogP contribution in [0.5, 0.6) is 0 Å². The summed E-state index contributed by atoms with van der Waals surface area (Å²) >= 11 is 0. The summed E-state index contributed by atoms with van der Waals surface area (Å²) in [5.41, 5.74) is 0. The highest BCUT2D eigenvalue weighted by molar-refractivity contribution is 4.94. The van der Waals surface area contributed by atoms with Gasteiger partial charge < -0.3 is 9.84 Å². The third-order valence-corrected chi connectivity index (χ3v) is 2.78. The van der Waals surface area contributed by atoms with Crippen LogP contribution in [0, 0.1) is 0 Å². The molecule has 3 heteroatoms. The van der Waals surface area contributed by atoms with E-state index in [0.29, 0.717) is 0 Å². The van der Waals surface area contributed by atoms with Crippen molar-refractivity contribution in [2.45, 2.75) is 32.2 Å². The van der Waals surface area contributed by atoms with Crippen LogP contribution >= 0.6 is 0 Å². The van der Waals surface area contributed by atoms with Crippen molar-refractivity contribution >= 4 is 0 Å². The number of aliphatic hydroxyl groups excluding tert-OH is 1. The third kappa shape index (κ3) is 4.78. The second kappa shape index (κ2) is 7.85. The zero-order chi connectivity index (χ0) is 10.9. The Kier molecular flexibility index (Phi) is 6.64. The largest absolute Gasteiger partial charge is 0.394 e. The van der Waals surface area contributed by atoms with Crippen molar-refractivity contribution in [2.75, 3.05) is 32.9 Å². The molecule has 0 aromatic rings. The van der Waals surface area contributed by atoms with Gasteiger partial charge in [-0.15, -0.1) is 0 Å². The molecule has 15 heavy (non-hydrogen) atoms. The van der Waals surface area contributed by atoms with E-state index in [9.17, 15) is 5.11 Å². The van der Waals surface area contributed by atoms with E-state index in [0.717, 1.165) is 32.7 Å². The monoisotopic (exact) mass is 213 g/mol. The molecule has 0 spiro atoms. The fraction of sp³-hybridized carbons (Fsp3) is 0.833. The summed E-state index contributed by atoms with van der Waals surface area (Å²) < 4.78 is 5.29. The molecule has 3 nitrogen and oxygen atoms in total. The summed E-state index contributed by atoms with van der Waals surface area (Å²) in [5, 5.41) is 9.30. The molecule has 88 valence electrons. The van der Waals surface area contributed by atoms with Gasteiger partial charge >= 0.3 is 0 Å². The van der Waals surface area contributed by atoms with Crippen LogP contribution in [0.3, 0.4) is 0 Å². The number of allylic oxidation sites excluding steroid dienone is 1. The van der Waals surface area contributed by atoms with Gasteiger partial charge in [-0.2, -0.15) is 0 Å². The Bertz CT molecular complexity index is 176. The minimum Gasteiger partial charge on any atom is -0.394 e. The normalized spacial score (nSPS) is 20.9. The number of morpholine rings is 1.